The van der Waals surface area contributed by atoms with Crippen molar-refractivity contribution < 1.29 is 13.9 Å². The second-order valence-corrected chi connectivity index (χ2v) is 6.15. The highest BCUT2D eigenvalue weighted by Gasteiger charge is 2.15. The van der Waals surface area contributed by atoms with Crippen molar-refractivity contribution in [3.63, 3.8) is 0 Å². The van der Waals surface area contributed by atoms with Gasteiger partial charge in [-0.2, -0.15) is 0 Å². The molecule has 1 N–H and O–H groups in total. The first kappa shape index (κ1) is 18.2. The summed E-state index contributed by atoms with van der Waals surface area (Å²) < 4.78 is 19.5. The molecule has 0 aliphatic rings. The van der Waals surface area contributed by atoms with Gasteiger partial charge in [-0.05, 0) is 42.5 Å². The van der Waals surface area contributed by atoms with Gasteiger partial charge in [0, 0.05) is 17.4 Å². The number of carbonyl (C=O) groups is 1. The molecule has 0 radical (unpaired) electrons. The number of aromatic nitrogens is 1. The fraction of sp³-hybridized carbons (Fsp3) is 0.0526. The molecule has 1 aromatic heterocycles. The maximum absolute atomic E-state index is 14.4. The van der Waals surface area contributed by atoms with Crippen LogP contribution in [0.1, 0.15) is 10.4 Å². The van der Waals surface area contributed by atoms with Crippen LogP contribution in [0.15, 0.2) is 54.7 Å². The number of hydrogen-bond donors (Lipinski definition) is 1. The van der Waals surface area contributed by atoms with E-state index in [1.165, 1.54) is 25.3 Å². The molecule has 2 aromatic carbocycles. The first-order valence-corrected chi connectivity index (χ1v) is 8.30. The van der Waals surface area contributed by atoms with Gasteiger partial charge < -0.3 is 10.1 Å². The van der Waals surface area contributed by atoms with Crippen LogP contribution in [0.3, 0.4) is 0 Å². The Morgan fingerprint density at radius 1 is 1.12 bits per heavy atom. The van der Waals surface area contributed by atoms with Gasteiger partial charge in [0.15, 0.2) is 0 Å². The minimum absolute atomic E-state index is 0.104. The first-order valence-electron chi connectivity index (χ1n) is 7.55. The predicted octanol–water partition coefficient (Wildman–Crippen LogP) is 5.46. The molecule has 1 heterocycles. The van der Waals surface area contributed by atoms with Crippen LogP contribution in [0.25, 0.3) is 11.3 Å². The van der Waals surface area contributed by atoms with Crippen molar-refractivity contribution in [1.82, 2.24) is 4.98 Å². The summed E-state index contributed by atoms with van der Waals surface area (Å²) in [5.74, 6) is -0.795. The lowest BCUT2D eigenvalue weighted by molar-refractivity contribution is 0.102. The number of methoxy groups -OCH3 is 1. The summed E-state index contributed by atoms with van der Waals surface area (Å²) in [4.78, 5) is 16.5. The van der Waals surface area contributed by atoms with Crippen LogP contribution >= 0.6 is 23.2 Å². The van der Waals surface area contributed by atoms with Crippen molar-refractivity contribution in [3.05, 3.63) is 76.2 Å². The number of anilines is 1. The number of hydrogen-bond acceptors (Lipinski definition) is 3. The van der Waals surface area contributed by atoms with Gasteiger partial charge in [0.05, 0.1) is 28.4 Å². The zero-order valence-corrected chi connectivity index (χ0v) is 15.1. The lowest BCUT2D eigenvalue weighted by atomic mass is 10.1. The van der Waals surface area contributed by atoms with E-state index in [0.717, 1.165) is 0 Å². The SMILES string of the molecule is COc1ccc(NC(=O)c2ccc(-c3ncccc3Cl)cc2F)cc1Cl. The maximum atomic E-state index is 14.4. The smallest absolute Gasteiger partial charge is 0.258 e. The van der Waals surface area contributed by atoms with Crippen molar-refractivity contribution in [1.29, 1.82) is 0 Å². The number of pyridine rings is 1. The molecule has 0 unspecified atom stereocenters. The predicted molar refractivity (Wildman–Crippen MR) is 101 cm³/mol. The number of nitrogens with zero attached hydrogens (tertiary/aromatic N) is 1. The van der Waals surface area contributed by atoms with Crippen molar-refractivity contribution in [2.75, 3.05) is 12.4 Å². The summed E-state index contributed by atoms with van der Waals surface area (Å²) in [5, 5.41) is 3.34. The second kappa shape index (κ2) is 7.72. The molecule has 3 aromatic rings. The van der Waals surface area contributed by atoms with E-state index < -0.39 is 11.7 Å². The van der Waals surface area contributed by atoms with Crippen molar-refractivity contribution in [3.8, 4) is 17.0 Å². The van der Waals surface area contributed by atoms with Gasteiger partial charge in [-0.3, -0.25) is 9.78 Å². The highest BCUT2D eigenvalue weighted by molar-refractivity contribution is 6.33. The molecule has 0 aliphatic heterocycles. The Kier molecular flexibility index (Phi) is 5.40. The van der Waals surface area contributed by atoms with E-state index in [2.05, 4.69) is 10.3 Å². The minimum atomic E-state index is -0.679. The quantitative estimate of drug-likeness (QED) is 0.643. The molecule has 3 rings (SSSR count). The number of ether oxygens (including phenoxy) is 1. The third-order valence-corrected chi connectivity index (χ3v) is 4.26. The Labute approximate surface area is 159 Å². The maximum Gasteiger partial charge on any atom is 0.258 e. The van der Waals surface area contributed by atoms with Crippen LogP contribution in [-0.2, 0) is 0 Å². The topological polar surface area (TPSA) is 51.2 Å². The lowest BCUT2D eigenvalue weighted by Crippen LogP contribution is -2.13. The molecule has 7 heteroatoms. The Bertz CT molecular complexity index is 980. The number of halogens is 3. The zero-order chi connectivity index (χ0) is 18.7. The summed E-state index contributed by atoms with van der Waals surface area (Å²) in [7, 11) is 1.49. The highest BCUT2D eigenvalue weighted by Crippen LogP contribution is 2.29. The molecule has 0 saturated heterocycles. The Morgan fingerprint density at radius 2 is 1.92 bits per heavy atom. The highest BCUT2D eigenvalue weighted by atomic mass is 35.5. The van der Waals surface area contributed by atoms with Gasteiger partial charge in [0.25, 0.3) is 5.91 Å². The average molecular weight is 391 g/mol. The van der Waals surface area contributed by atoms with E-state index in [4.69, 9.17) is 27.9 Å². The number of benzene rings is 2. The number of rotatable bonds is 4. The number of amides is 1. The molecular formula is C19H13Cl2FN2O2. The molecule has 132 valence electrons. The van der Waals surface area contributed by atoms with Crippen molar-refractivity contribution in [2.24, 2.45) is 0 Å². The zero-order valence-electron chi connectivity index (χ0n) is 13.6. The molecule has 0 bridgehead atoms. The monoisotopic (exact) mass is 390 g/mol. The van der Waals surface area contributed by atoms with Gasteiger partial charge in [-0.15, -0.1) is 0 Å². The van der Waals surface area contributed by atoms with Gasteiger partial charge in [0.1, 0.15) is 11.6 Å². The van der Waals surface area contributed by atoms with Gasteiger partial charge in [-0.25, -0.2) is 4.39 Å². The average Bonchev–Trinajstić information content (AvgIpc) is 2.62. The molecule has 0 saturated carbocycles. The Balaban J connectivity index is 1.84. The molecule has 26 heavy (non-hydrogen) atoms. The Hall–Kier alpha value is -2.63. The Morgan fingerprint density at radius 3 is 2.58 bits per heavy atom. The lowest BCUT2D eigenvalue weighted by Gasteiger charge is -2.10. The van der Waals surface area contributed by atoms with E-state index in [-0.39, 0.29) is 5.56 Å². The van der Waals surface area contributed by atoms with E-state index in [1.807, 2.05) is 0 Å². The van der Waals surface area contributed by atoms with Crippen LogP contribution in [0.4, 0.5) is 10.1 Å². The molecule has 0 aliphatic carbocycles. The van der Waals surface area contributed by atoms with E-state index in [9.17, 15) is 9.18 Å². The molecule has 0 atom stereocenters. The fourth-order valence-corrected chi connectivity index (χ4v) is 2.88. The number of carbonyl (C=O) groups excluding carboxylic acids is 1. The summed E-state index contributed by atoms with van der Waals surface area (Å²) in [6.45, 7) is 0. The third-order valence-electron chi connectivity index (χ3n) is 3.66. The summed E-state index contributed by atoms with van der Waals surface area (Å²) in [6, 6.07) is 12.3. The molecule has 4 nitrogen and oxygen atoms in total. The first-order chi connectivity index (χ1) is 12.5. The van der Waals surface area contributed by atoms with Gasteiger partial charge in [-0.1, -0.05) is 29.3 Å². The van der Waals surface area contributed by atoms with Crippen LogP contribution < -0.4 is 10.1 Å². The minimum Gasteiger partial charge on any atom is -0.495 e. The van der Waals surface area contributed by atoms with Gasteiger partial charge >= 0.3 is 0 Å². The third kappa shape index (κ3) is 3.79. The van der Waals surface area contributed by atoms with Crippen LogP contribution in [0.2, 0.25) is 10.0 Å². The standard InChI is InChI=1S/C19H13Cl2FN2O2/c1-26-17-7-5-12(10-15(17)21)24-19(25)13-6-4-11(9-16(13)22)18-14(20)3-2-8-23-18/h2-10H,1H3,(H,24,25). The van der Waals surface area contributed by atoms with Crippen LogP contribution in [0, 0.1) is 5.82 Å². The summed E-state index contributed by atoms with van der Waals surface area (Å²) in [5.41, 5.74) is 1.25. The van der Waals surface area contributed by atoms with Crippen molar-refractivity contribution >= 4 is 34.8 Å². The molecular weight excluding hydrogens is 378 g/mol. The van der Waals surface area contributed by atoms with Crippen LogP contribution in [0.5, 0.6) is 5.75 Å². The summed E-state index contributed by atoms with van der Waals surface area (Å²) in [6.07, 6.45) is 1.56. The van der Waals surface area contributed by atoms with Gasteiger partial charge in [0.2, 0.25) is 0 Å². The molecule has 0 fully saturated rings. The molecule has 1 amide bonds. The van der Waals surface area contributed by atoms with E-state index in [1.54, 1.807) is 36.5 Å². The van der Waals surface area contributed by atoms with Crippen LogP contribution in [-0.4, -0.2) is 18.0 Å². The fourth-order valence-electron chi connectivity index (χ4n) is 2.39. The largest absolute Gasteiger partial charge is 0.495 e. The van der Waals surface area contributed by atoms with E-state index >= 15 is 0 Å². The second-order valence-electron chi connectivity index (χ2n) is 5.33. The normalized spacial score (nSPS) is 10.5. The summed E-state index contributed by atoms with van der Waals surface area (Å²) >= 11 is 12.1. The van der Waals surface area contributed by atoms with E-state index in [0.29, 0.717) is 32.7 Å². The molecule has 0 spiro atoms. The van der Waals surface area contributed by atoms with Crippen molar-refractivity contribution in [2.45, 2.75) is 0 Å². The number of nitrogens with one attached hydrogen (secondary N) is 1.